The van der Waals surface area contributed by atoms with Gasteiger partial charge >= 0.3 is 5.97 Å². The van der Waals surface area contributed by atoms with Gasteiger partial charge in [-0.25, -0.2) is 4.79 Å². The third-order valence-electron chi connectivity index (χ3n) is 17.3. The minimum absolute atomic E-state index is 0.199. The molecule has 3 fully saturated rings. The molecule has 0 saturated carbocycles. The molecule has 3 rings (SSSR count). The Balaban J connectivity index is 1.60. The second kappa shape index (κ2) is 47.8. The van der Waals surface area contributed by atoms with E-state index < -0.39 is 155 Å². The van der Waals surface area contributed by atoms with Crippen LogP contribution in [0.5, 0.6) is 0 Å². The predicted octanol–water partition coefficient (Wildman–Crippen LogP) is 5.84. The van der Waals surface area contributed by atoms with Crippen LogP contribution in [0.25, 0.3) is 0 Å². The third-order valence-corrected chi connectivity index (χ3v) is 17.3. The molecule has 2 amide bonds. The van der Waals surface area contributed by atoms with Crippen molar-refractivity contribution in [2.45, 2.75) is 342 Å². The molecule has 14 N–H and O–H groups in total. The van der Waals surface area contributed by atoms with E-state index in [0.29, 0.717) is 12.8 Å². The minimum atomic E-state index is -3.08. The van der Waals surface area contributed by atoms with E-state index in [9.17, 15) is 75.7 Å². The van der Waals surface area contributed by atoms with Crippen molar-refractivity contribution in [3.63, 3.8) is 0 Å². The van der Waals surface area contributed by atoms with Gasteiger partial charge in [0.2, 0.25) is 11.8 Å². The summed E-state index contributed by atoms with van der Waals surface area (Å²) in [5.74, 6) is -6.14. The number of ether oxygens (including phenoxy) is 6. The molecule has 3 saturated heterocycles. The molecule has 18 atom stereocenters. The number of amides is 2. The van der Waals surface area contributed by atoms with Crippen molar-refractivity contribution in [2.75, 3.05) is 26.4 Å². The Bertz CT molecular complexity index is 1970. The smallest absolute Gasteiger partial charge is 0.364 e. The highest BCUT2D eigenvalue weighted by molar-refractivity contribution is 5.77. The Hall–Kier alpha value is -3.05. The molecule has 23 heteroatoms. The van der Waals surface area contributed by atoms with E-state index in [-0.39, 0.29) is 12.3 Å². The fourth-order valence-corrected chi connectivity index (χ4v) is 11.9. The number of allylic oxidation sites excluding steroid dienone is 5. The van der Waals surface area contributed by atoms with Gasteiger partial charge < -0.3 is 100 Å². The molecule has 3 heterocycles. The Morgan fingerprint density at radius 2 is 1.11 bits per heavy atom. The van der Waals surface area contributed by atoms with Gasteiger partial charge in [0.15, 0.2) is 12.6 Å². The van der Waals surface area contributed by atoms with Crippen LogP contribution < -0.4 is 10.6 Å². The van der Waals surface area contributed by atoms with Crippen LogP contribution in [0.3, 0.4) is 0 Å². The van der Waals surface area contributed by atoms with E-state index >= 15 is 0 Å². The topological polar surface area (TPSA) is 373 Å². The molecular weight excluding hydrogens is 1170 g/mol. The zero-order valence-corrected chi connectivity index (χ0v) is 54.5. The molecule has 0 aromatic rings. The quantitative estimate of drug-likeness (QED) is 0.0251. The van der Waals surface area contributed by atoms with Crippen LogP contribution >= 0.6 is 0 Å². The number of aliphatic carboxylic acids is 1. The van der Waals surface area contributed by atoms with Crippen LogP contribution in [0.1, 0.15) is 233 Å². The summed E-state index contributed by atoms with van der Waals surface area (Å²) in [6, 6.07) is -2.62. The van der Waals surface area contributed by atoms with Crippen LogP contribution in [-0.4, -0.2) is 215 Å². The van der Waals surface area contributed by atoms with Crippen molar-refractivity contribution < 1.29 is 104 Å². The summed E-state index contributed by atoms with van der Waals surface area (Å²) in [4.78, 5) is 38.5. The Kier molecular flexibility index (Phi) is 43.1. The molecule has 0 aromatic carbocycles. The first-order chi connectivity index (χ1) is 43.4. The highest BCUT2D eigenvalue weighted by Crippen LogP contribution is 2.39. The van der Waals surface area contributed by atoms with Crippen molar-refractivity contribution in [3.8, 4) is 0 Å². The molecule has 524 valence electrons. The SMILES string of the molecule is CC/C=C\C/C=C\CCCCCCCCCCCCCCCCC(=O)NC(COC1OC(CO)C(OC2OC(CO)C(O)C(OC3(C(=O)O)CC(O)C(NC(C)=O)C(C(O)C(O)CO)O3)C2O)C(O)C1O)C(O)/C=C/CCCCCCCCCCCCCCC. The van der Waals surface area contributed by atoms with Crippen molar-refractivity contribution in [1.82, 2.24) is 10.6 Å². The minimum Gasteiger partial charge on any atom is -0.477 e. The monoisotopic (exact) mass is 1290 g/mol. The number of unbranched alkanes of at least 4 members (excludes halogenated alkanes) is 27. The summed E-state index contributed by atoms with van der Waals surface area (Å²) in [5, 5.41) is 136. The molecular formula is C67H120N2O21. The predicted molar refractivity (Wildman–Crippen MR) is 338 cm³/mol. The van der Waals surface area contributed by atoms with Crippen LogP contribution in [-0.2, 0) is 42.8 Å². The van der Waals surface area contributed by atoms with Crippen molar-refractivity contribution in [2.24, 2.45) is 0 Å². The standard InChI is InChI=1S/C67H120N2O21/c1-4-6-8-10-12-14-16-18-20-21-22-23-24-25-27-29-31-33-35-37-39-41-54(77)69-48(49(74)40-38-36-34-32-30-28-26-19-17-15-13-11-9-7-5-2)46-85-64-59(81)58(80)61(53(45-72)87-64)88-65-60(82)63(57(79)52(44-71)86-65)90-67(66(83)84)42-50(75)55(68-47(3)73)62(89-67)56(78)51(76)43-70/h6,8,12,14,38,40,48-53,55-65,70-72,74-76,78-82H,4-5,7,9-11,13,15-37,39,41-46H2,1-3H3,(H,68,73)(H,69,77)(H,83,84)/b8-6-,14-12-,40-38+. The van der Waals surface area contributed by atoms with E-state index in [1.54, 1.807) is 6.08 Å². The Labute approximate surface area is 536 Å². The molecule has 0 aromatic heterocycles. The van der Waals surface area contributed by atoms with Crippen LogP contribution in [0, 0.1) is 0 Å². The Morgan fingerprint density at radius 3 is 1.62 bits per heavy atom. The second-order valence-electron chi connectivity index (χ2n) is 25.0. The maximum absolute atomic E-state index is 13.4. The second-order valence-corrected chi connectivity index (χ2v) is 25.0. The molecule has 0 spiro atoms. The van der Waals surface area contributed by atoms with Gasteiger partial charge in [-0.1, -0.05) is 204 Å². The first kappa shape index (κ1) is 81.2. The molecule has 0 aliphatic carbocycles. The van der Waals surface area contributed by atoms with Gasteiger partial charge in [0, 0.05) is 19.8 Å². The largest absolute Gasteiger partial charge is 0.477 e. The lowest BCUT2D eigenvalue weighted by atomic mass is 9.88. The van der Waals surface area contributed by atoms with Gasteiger partial charge in [0.1, 0.15) is 67.1 Å². The normalized spacial score (nSPS) is 28.8. The first-order valence-electron chi connectivity index (χ1n) is 34.4. The summed E-state index contributed by atoms with van der Waals surface area (Å²) < 4.78 is 34.8. The van der Waals surface area contributed by atoms with E-state index in [1.165, 1.54) is 128 Å². The molecule has 3 aliphatic heterocycles. The Morgan fingerprint density at radius 1 is 0.600 bits per heavy atom. The number of aliphatic hydroxyl groups is 11. The van der Waals surface area contributed by atoms with Gasteiger partial charge in [-0.3, -0.25) is 9.59 Å². The average Bonchev–Trinajstić information content (AvgIpc) is 0.823. The number of nitrogens with one attached hydrogen (secondary N) is 2. The van der Waals surface area contributed by atoms with Crippen LogP contribution in [0.2, 0.25) is 0 Å². The summed E-state index contributed by atoms with van der Waals surface area (Å²) in [7, 11) is 0. The van der Waals surface area contributed by atoms with E-state index in [4.69, 9.17) is 28.4 Å². The summed E-state index contributed by atoms with van der Waals surface area (Å²) >= 11 is 0. The first-order valence-corrected chi connectivity index (χ1v) is 34.4. The summed E-state index contributed by atoms with van der Waals surface area (Å²) in [6.45, 7) is 2.03. The van der Waals surface area contributed by atoms with Gasteiger partial charge in [-0.05, 0) is 44.9 Å². The van der Waals surface area contributed by atoms with Gasteiger partial charge in [-0.2, -0.15) is 0 Å². The molecule has 0 bridgehead atoms. The third kappa shape index (κ3) is 30.1. The van der Waals surface area contributed by atoms with Gasteiger partial charge in [0.05, 0.1) is 50.7 Å². The number of rotatable bonds is 51. The maximum Gasteiger partial charge on any atom is 0.364 e. The van der Waals surface area contributed by atoms with E-state index in [2.05, 4.69) is 48.8 Å². The lowest BCUT2D eigenvalue weighted by molar-refractivity contribution is -0.386. The number of carboxylic acid groups (broad SMARTS) is 1. The fraction of sp³-hybridized carbons (Fsp3) is 0.866. The molecule has 23 nitrogen and oxygen atoms in total. The lowest BCUT2D eigenvalue weighted by Crippen LogP contribution is -2.70. The van der Waals surface area contributed by atoms with Crippen molar-refractivity contribution in [1.29, 1.82) is 0 Å². The van der Waals surface area contributed by atoms with Gasteiger partial charge in [0.25, 0.3) is 5.79 Å². The molecule has 90 heavy (non-hydrogen) atoms. The number of hydrogen-bond acceptors (Lipinski definition) is 20. The summed E-state index contributed by atoms with van der Waals surface area (Å²) in [5.41, 5.74) is 0. The molecule has 18 unspecified atom stereocenters. The van der Waals surface area contributed by atoms with Crippen LogP contribution in [0.15, 0.2) is 36.5 Å². The zero-order chi connectivity index (χ0) is 66.1. The van der Waals surface area contributed by atoms with Crippen LogP contribution in [0.4, 0.5) is 0 Å². The number of aliphatic hydroxyl groups excluding tert-OH is 11. The highest BCUT2D eigenvalue weighted by atomic mass is 16.8. The average molecular weight is 1290 g/mol. The van der Waals surface area contributed by atoms with Crippen molar-refractivity contribution >= 4 is 17.8 Å². The zero-order valence-electron chi connectivity index (χ0n) is 54.5. The summed E-state index contributed by atoms with van der Waals surface area (Å²) in [6.07, 6.45) is 19.0. The molecule has 0 radical (unpaired) electrons. The number of carbonyl (C=O) groups excluding carboxylic acids is 2. The number of hydrogen-bond donors (Lipinski definition) is 14. The van der Waals surface area contributed by atoms with E-state index in [1.807, 2.05) is 6.08 Å². The fourth-order valence-electron chi connectivity index (χ4n) is 11.9. The number of carboxylic acids is 1. The highest BCUT2D eigenvalue weighted by Gasteiger charge is 2.60. The van der Waals surface area contributed by atoms with E-state index in [0.717, 1.165) is 64.7 Å². The van der Waals surface area contributed by atoms with Crippen molar-refractivity contribution in [3.05, 3.63) is 36.5 Å². The molecule has 3 aliphatic rings. The lowest BCUT2D eigenvalue weighted by Gasteiger charge is -2.50. The van der Waals surface area contributed by atoms with Gasteiger partial charge in [-0.15, -0.1) is 0 Å². The maximum atomic E-state index is 13.4. The number of carbonyl (C=O) groups is 3.